The van der Waals surface area contributed by atoms with Crippen LogP contribution in [0.2, 0.25) is 0 Å². The van der Waals surface area contributed by atoms with E-state index in [1.165, 1.54) is 0 Å². The number of rotatable bonds is 3. The predicted octanol–water partition coefficient (Wildman–Crippen LogP) is 3.81. The molecule has 0 spiro atoms. The summed E-state index contributed by atoms with van der Waals surface area (Å²) in [4.78, 5) is 23.5. The number of aromatic nitrogens is 3. The minimum absolute atomic E-state index is 0.0245. The lowest BCUT2D eigenvalue weighted by atomic mass is 9.99. The van der Waals surface area contributed by atoms with Crippen LogP contribution < -0.4 is 0 Å². The van der Waals surface area contributed by atoms with Crippen LogP contribution in [0.1, 0.15) is 47.1 Å². The number of benzene rings is 1. The minimum Gasteiger partial charge on any atom is -0.337 e. The standard InChI is InChI=1S/C20H20N4O2/c1-14-6-2-3-7-16(14)20(25)24-13-5-4-8-17(24)19-22-18(23-26-19)15-9-11-21-12-10-15/h2-3,6-7,9-12,17H,4-5,8,13H2,1H3. The lowest BCUT2D eigenvalue weighted by molar-refractivity contribution is 0.0560. The topological polar surface area (TPSA) is 72.1 Å². The summed E-state index contributed by atoms with van der Waals surface area (Å²) in [7, 11) is 0. The van der Waals surface area contributed by atoms with Crippen LogP contribution in [-0.2, 0) is 0 Å². The van der Waals surface area contributed by atoms with E-state index in [1.54, 1.807) is 12.4 Å². The first kappa shape index (κ1) is 16.4. The Balaban J connectivity index is 1.63. The van der Waals surface area contributed by atoms with Crippen molar-refractivity contribution in [2.24, 2.45) is 0 Å². The minimum atomic E-state index is -0.182. The Morgan fingerprint density at radius 3 is 2.77 bits per heavy atom. The van der Waals surface area contributed by atoms with Gasteiger partial charge in [-0.2, -0.15) is 4.98 Å². The molecule has 0 saturated carbocycles. The Labute approximate surface area is 151 Å². The Hall–Kier alpha value is -3.02. The normalized spacial score (nSPS) is 17.3. The molecular formula is C20H20N4O2. The molecule has 2 aromatic heterocycles. The molecule has 1 aromatic carbocycles. The summed E-state index contributed by atoms with van der Waals surface area (Å²) in [6, 6.07) is 11.2. The van der Waals surface area contributed by atoms with Gasteiger partial charge >= 0.3 is 0 Å². The highest BCUT2D eigenvalue weighted by Gasteiger charge is 2.33. The third-order valence-corrected chi connectivity index (χ3v) is 4.80. The summed E-state index contributed by atoms with van der Waals surface area (Å²) < 4.78 is 5.53. The van der Waals surface area contributed by atoms with Crippen molar-refractivity contribution in [3.8, 4) is 11.4 Å². The maximum atomic E-state index is 13.1. The fourth-order valence-electron chi connectivity index (χ4n) is 3.39. The molecule has 6 nitrogen and oxygen atoms in total. The van der Waals surface area contributed by atoms with Crippen LogP contribution >= 0.6 is 0 Å². The van der Waals surface area contributed by atoms with Crippen LogP contribution in [0, 0.1) is 6.92 Å². The summed E-state index contributed by atoms with van der Waals surface area (Å²) in [5, 5.41) is 4.09. The van der Waals surface area contributed by atoms with Crippen molar-refractivity contribution in [2.45, 2.75) is 32.2 Å². The molecule has 1 saturated heterocycles. The molecule has 1 fully saturated rings. The monoisotopic (exact) mass is 348 g/mol. The summed E-state index contributed by atoms with van der Waals surface area (Å²) in [6.45, 7) is 2.66. The van der Waals surface area contributed by atoms with Gasteiger partial charge in [-0.05, 0) is 49.9 Å². The molecule has 1 aliphatic rings. The smallest absolute Gasteiger partial charge is 0.254 e. The average molecular weight is 348 g/mol. The molecule has 3 heterocycles. The van der Waals surface area contributed by atoms with Crippen LogP contribution in [0.5, 0.6) is 0 Å². The van der Waals surface area contributed by atoms with Crippen molar-refractivity contribution in [1.29, 1.82) is 0 Å². The number of aryl methyl sites for hydroxylation is 1. The number of hydrogen-bond acceptors (Lipinski definition) is 5. The van der Waals surface area contributed by atoms with E-state index < -0.39 is 0 Å². The van der Waals surface area contributed by atoms with Gasteiger partial charge < -0.3 is 9.42 Å². The van der Waals surface area contributed by atoms with Gasteiger partial charge in [0.15, 0.2) is 0 Å². The Bertz CT molecular complexity index is 907. The van der Waals surface area contributed by atoms with Gasteiger partial charge in [-0.15, -0.1) is 0 Å². The van der Waals surface area contributed by atoms with Crippen molar-refractivity contribution in [3.63, 3.8) is 0 Å². The van der Waals surface area contributed by atoms with E-state index in [1.807, 2.05) is 48.2 Å². The number of carbonyl (C=O) groups is 1. The van der Waals surface area contributed by atoms with E-state index in [9.17, 15) is 4.79 Å². The molecule has 0 N–H and O–H groups in total. The molecule has 6 heteroatoms. The number of piperidine rings is 1. The molecule has 0 radical (unpaired) electrons. The molecule has 3 aromatic rings. The SMILES string of the molecule is Cc1ccccc1C(=O)N1CCCCC1c1nc(-c2ccncc2)no1. The van der Waals surface area contributed by atoms with Crippen molar-refractivity contribution in [3.05, 3.63) is 65.8 Å². The highest BCUT2D eigenvalue weighted by atomic mass is 16.5. The number of amides is 1. The highest BCUT2D eigenvalue weighted by Crippen LogP contribution is 2.32. The zero-order chi connectivity index (χ0) is 17.9. The lowest BCUT2D eigenvalue weighted by Crippen LogP contribution is -2.39. The van der Waals surface area contributed by atoms with Gasteiger partial charge in [0, 0.05) is 30.1 Å². The fraction of sp³-hybridized carbons (Fsp3) is 0.300. The van der Waals surface area contributed by atoms with E-state index in [2.05, 4.69) is 15.1 Å². The average Bonchev–Trinajstić information content (AvgIpc) is 3.19. The zero-order valence-electron chi connectivity index (χ0n) is 14.6. The van der Waals surface area contributed by atoms with E-state index in [0.717, 1.165) is 36.0 Å². The Kier molecular flexibility index (Phi) is 4.48. The second kappa shape index (κ2) is 7.07. The van der Waals surface area contributed by atoms with Gasteiger partial charge in [0.1, 0.15) is 6.04 Å². The number of likely N-dealkylation sites (tertiary alicyclic amines) is 1. The van der Waals surface area contributed by atoms with Crippen LogP contribution in [0.3, 0.4) is 0 Å². The summed E-state index contributed by atoms with van der Waals surface area (Å²) in [6.07, 6.45) is 6.24. The van der Waals surface area contributed by atoms with Gasteiger partial charge in [-0.3, -0.25) is 9.78 Å². The van der Waals surface area contributed by atoms with E-state index in [0.29, 0.717) is 18.3 Å². The van der Waals surface area contributed by atoms with E-state index >= 15 is 0 Å². The Morgan fingerprint density at radius 1 is 1.15 bits per heavy atom. The quantitative estimate of drug-likeness (QED) is 0.720. The van der Waals surface area contributed by atoms with Crippen molar-refractivity contribution in [2.75, 3.05) is 6.54 Å². The number of hydrogen-bond donors (Lipinski definition) is 0. The number of pyridine rings is 1. The van der Waals surface area contributed by atoms with Crippen molar-refractivity contribution < 1.29 is 9.32 Å². The molecule has 0 aliphatic carbocycles. The molecule has 0 bridgehead atoms. The van der Waals surface area contributed by atoms with Gasteiger partial charge in [0.25, 0.3) is 5.91 Å². The molecule has 1 atom stereocenters. The summed E-state index contributed by atoms with van der Waals surface area (Å²) >= 11 is 0. The third-order valence-electron chi connectivity index (χ3n) is 4.80. The molecule has 1 unspecified atom stereocenters. The summed E-state index contributed by atoms with van der Waals surface area (Å²) in [5.41, 5.74) is 2.56. The van der Waals surface area contributed by atoms with Crippen LogP contribution in [0.4, 0.5) is 0 Å². The second-order valence-corrected chi connectivity index (χ2v) is 6.52. The number of nitrogens with zero attached hydrogens (tertiary/aromatic N) is 4. The van der Waals surface area contributed by atoms with E-state index in [-0.39, 0.29) is 11.9 Å². The molecular weight excluding hydrogens is 328 g/mol. The zero-order valence-corrected chi connectivity index (χ0v) is 14.6. The lowest BCUT2D eigenvalue weighted by Gasteiger charge is -2.33. The van der Waals surface area contributed by atoms with Gasteiger partial charge in [0.05, 0.1) is 0 Å². The second-order valence-electron chi connectivity index (χ2n) is 6.52. The highest BCUT2D eigenvalue weighted by molar-refractivity contribution is 5.95. The van der Waals surface area contributed by atoms with Crippen molar-refractivity contribution >= 4 is 5.91 Å². The number of carbonyl (C=O) groups excluding carboxylic acids is 1. The van der Waals surface area contributed by atoms with Gasteiger partial charge in [0.2, 0.25) is 11.7 Å². The fourth-order valence-corrected chi connectivity index (χ4v) is 3.39. The maximum absolute atomic E-state index is 13.1. The van der Waals surface area contributed by atoms with Gasteiger partial charge in [-0.1, -0.05) is 23.4 Å². The molecule has 132 valence electrons. The first-order valence-corrected chi connectivity index (χ1v) is 8.84. The van der Waals surface area contributed by atoms with Crippen LogP contribution in [0.15, 0.2) is 53.3 Å². The van der Waals surface area contributed by atoms with Crippen molar-refractivity contribution in [1.82, 2.24) is 20.0 Å². The van der Waals surface area contributed by atoms with Crippen LogP contribution in [0.25, 0.3) is 11.4 Å². The molecule has 26 heavy (non-hydrogen) atoms. The predicted molar refractivity (Wildman–Crippen MR) is 96.3 cm³/mol. The molecule has 1 aliphatic heterocycles. The first-order chi connectivity index (χ1) is 12.7. The van der Waals surface area contributed by atoms with E-state index in [4.69, 9.17) is 4.52 Å². The Morgan fingerprint density at radius 2 is 1.96 bits per heavy atom. The van der Waals surface area contributed by atoms with Crippen LogP contribution in [-0.4, -0.2) is 32.5 Å². The molecule has 4 rings (SSSR count). The summed E-state index contributed by atoms with van der Waals surface area (Å²) in [5.74, 6) is 1.05. The largest absolute Gasteiger partial charge is 0.337 e. The third kappa shape index (κ3) is 3.10. The first-order valence-electron chi connectivity index (χ1n) is 8.84. The van der Waals surface area contributed by atoms with Gasteiger partial charge in [-0.25, -0.2) is 0 Å². The molecule has 1 amide bonds. The maximum Gasteiger partial charge on any atom is 0.254 e.